The number of ether oxygens (including phenoxy) is 1. The summed E-state index contributed by atoms with van der Waals surface area (Å²) in [7, 11) is 0. The average Bonchev–Trinajstić information content (AvgIpc) is 2.65. The van der Waals surface area contributed by atoms with Crippen LogP contribution in [0.4, 0.5) is 0 Å². The zero-order valence-electron chi connectivity index (χ0n) is 18.3. The van der Waals surface area contributed by atoms with Gasteiger partial charge in [-0.3, -0.25) is 0 Å². The molecule has 0 radical (unpaired) electrons. The maximum atomic E-state index is 9.76. The molecule has 0 fully saturated rings. The lowest BCUT2D eigenvalue weighted by Crippen LogP contribution is -2.47. The third-order valence-corrected chi connectivity index (χ3v) is 5.12. The zero-order valence-corrected chi connectivity index (χ0v) is 18.3. The average molecular weight is 405 g/mol. The molecule has 28 heavy (non-hydrogen) atoms. The van der Waals surface area contributed by atoms with Crippen LogP contribution in [0.3, 0.4) is 0 Å². The van der Waals surface area contributed by atoms with Crippen molar-refractivity contribution in [2.75, 3.05) is 19.8 Å². The molecule has 0 aliphatic carbocycles. The van der Waals surface area contributed by atoms with Crippen LogP contribution in [0.1, 0.15) is 72.6 Å². The number of rotatable bonds is 17. The molecular formula is C22H44O6. The first-order chi connectivity index (χ1) is 13.2. The Morgan fingerprint density at radius 1 is 0.893 bits per heavy atom. The lowest BCUT2D eigenvalue weighted by molar-refractivity contribution is -0.128. The van der Waals surface area contributed by atoms with Gasteiger partial charge in [-0.1, -0.05) is 58.1 Å². The molecule has 0 amide bonds. The molecule has 0 aliphatic rings. The van der Waals surface area contributed by atoms with Crippen molar-refractivity contribution in [3.05, 3.63) is 11.6 Å². The van der Waals surface area contributed by atoms with Crippen LogP contribution in [0.2, 0.25) is 0 Å². The van der Waals surface area contributed by atoms with Gasteiger partial charge in [-0.25, -0.2) is 0 Å². The van der Waals surface area contributed by atoms with E-state index in [9.17, 15) is 20.4 Å². The van der Waals surface area contributed by atoms with E-state index in [0.717, 1.165) is 24.7 Å². The Morgan fingerprint density at radius 3 is 2.11 bits per heavy atom. The van der Waals surface area contributed by atoms with Crippen molar-refractivity contribution in [1.29, 1.82) is 0 Å². The molecular weight excluding hydrogens is 360 g/mol. The minimum atomic E-state index is -1.61. The summed E-state index contributed by atoms with van der Waals surface area (Å²) >= 11 is 0. The minimum Gasteiger partial charge on any atom is -0.394 e. The van der Waals surface area contributed by atoms with Crippen molar-refractivity contribution in [1.82, 2.24) is 0 Å². The van der Waals surface area contributed by atoms with Crippen LogP contribution in [0.5, 0.6) is 0 Å². The van der Waals surface area contributed by atoms with E-state index in [1.807, 2.05) is 0 Å². The maximum absolute atomic E-state index is 9.76. The lowest BCUT2D eigenvalue weighted by Gasteiger charge is -2.25. The van der Waals surface area contributed by atoms with Gasteiger partial charge in [0.15, 0.2) is 0 Å². The monoisotopic (exact) mass is 404 g/mol. The van der Waals surface area contributed by atoms with Gasteiger partial charge >= 0.3 is 0 Å². The fraction of sp³-hybridized carbons (Fsp3) is 0.909. The SMILES string of the molecule is CC(=CCCOC[C@@H](O)[C@H](O)[C@@H](O)[C@@H](O)CO)CCCC(C)CCCC(C)C. The largest absolute Gasteiger partial charge is 0.394 e. The summed E-state index contributed by atoms with van der Waals surface area (Å²) in [6.07, 6.45) is 4.35. The molecule has 1 unspecified atom stereocenters. The normalized spacial score (nSPS) is 18.1. The highest BCUT2D eigenvalue weighted by Gasteiger charge is 2.29. The molecule has 0 heterocycles. The molecule has 6 heteroatoms. The van der Waals surface area contributed by atoms with Crippen LogP contribution >= 0.6 is 0 Å². The second kappa shape index (κ2) is 16.3. The van der Waals surface area contributed by atoms with Gasteiger partial charge < -0.3 is 30.3 Å². The number of aliphatic hydroxyl groups is 5. The van der Waals surface area contributed by atoms with E-state index < -0.39 is 31.0 Å². The number of hydrogen-bond acceptors (Lipinski definition) is 6. The first-order valence-electron chi connectivity index (χ1n) is 10.8. The van der Waals surface area contributed by atoms with E-state index in [2.05, 4.69) is 33.8 Å². The van der Waals surface area contributed by atoms with Crippen molar-refractivity contribution >= 4 is 0 Å². The molecule has 168 valence electrons. The Morgan fingerprint density at radius 2 is 1.50 bits per heavy atom. The Bertz CT molecular complexity index is 398. The topological polar surface area (TPSA) is 110 Å². The Hall–Kier alpha value is -0.500. The van der Waals surface area contributed by atoms with Gasteiger partial charge in [-0.05, 0) is 38.0 Å². The number of hydrogen-bond donors (Lipinski definition) is 5. The van der Waals surface area contributed by atoms with E-state index in [-0.39, 0.29) is 6.61 Å². The van der Waals surface area contributed by atoms with Crippen LogP contribution in [0.25, 0.3) is 0 Å². The predicted octanol–water partition coefficient (Wildman–Crippen LogP) is 2.41. The second-order valence-electron chi connectivity index (χ2n) is 8.53. The maximum Gasteiger partial charge on any atom is 0.111 e. The molecule has 0 aromatic heterocycles. The molecule has 6 nitrogen and oxygen atoms in total. The van der Waals surface area contributed by atoms with Crippen LogP contribution < -0.4 is 0 Å². The number of aliphatic hydroxyl groups excluding tert-OH is 5. The highest BCUT2D eigenvalue weighted by molar-refractivity contribution is 4.97. The fourth-order valence-corrected chi connectivity index (χ4v) is 3.10. The molecule has 0 aromatic carbocycles. The number of allylic oxidation sites excluding steroid dienone is 1. The Kier molecular flexibility index (Phi) is 16.0. The highest BCUT2D eigenvalue weighted by atomic mass is 16.5. The highest BCUT2D eigenvalue weighted by Crippen LogP contribution is 2.19. The summed E-state index contributed by atoms with van der Waals surface area (Å²) < 4.78 is 5.33. The molecule has 5 N–H and O–H groups in total. The van der Waals surface area contributed by atoms with E-state index in [1.54, 1.807) is 0 Å². The summed E-state index contributed by atoms with van der Waals surface area (Å²) in [5.41, 5.74) is 1.33. The second-order valence-corrected chi connectivity index (χ2v) is 8.53. The predicted molar refractivity (Wildman–Crippen MR) is 112 cm³/mol. The van der Waals surface area contributed by atoms with Crippen molar-refractivity contribution in [2.45, 2.75) is 97.1 Å². The quantitative estimate of drug-likeness (QED) is 0.188. The Balaban J connectivity index is 3.83. The van der Waals surface area contributed by atoms with Crippen molar-refractivity contribution in [2.24, 2.45) is 11.8 Å². The van der Waals surface area contributed by atoms with E-state index in [1.165, 1.54) is 37.7 Å². The molecule has 5 atom stereocenters. The first kappa shape index (κ1) is 27.5. The third-order valence-electron chi connectivity index (χ3n) is 5.12. The zero-order chi connectivity index (χ0) is 21.5. The summed E-state index contributed by atoms with van der Waals surface area (Å²) in [5, 5.41) is 47.0. The molecule has 0 saturated carbocycles. The lowest BCUT2D eigenvalue weighted by atomic mass is 9.94. The van der Waals surface area contributed by atoms with Crippen LogP contribution in [0.15, 0.2) is 11.6 Å². The van der Waals surface area contributed by atoms with Crippen molar-refractivity contribution in [3.8, 4) is 0 Å². The molecule has 0 bridgehead atoms. The van der Waals surface area contributed by atoms with Crippen molar-refractivity contribution < 1.29 is 30.3 Å². The molecule has 0 aromatic rings. The summed E-state index contributed by atoms with van der Waals surface area (Å²) in [6, 6.07) is 0. The van der Waals surface area contributed by atoms with Gasteiger partial charge in [0.25, 0.3) is 0 Å². The van der Waals surface area contributed by atoms with Crippen LogP contribution in [-0.4, -0.2) is 69.8 Å². The van der Waals surface area contributed by atoms with E-state index >= 15 is 0 Å². The van der Waals surface area contributed by atoms with Crippen LogP contribution in [0, 0.1) is 11.8 Å². The minimum absolute atomic E-state index is 0.142. The van der Waals surface area contributed by atoms with Gasteiger partial charge in [0.1, 0.15) is 24.4 Å². The summed E-state index contributed by atoms with van der Waals surface area (Å²) in [6.45, 7) is 8.58. The van der Waals surface area contributed by atoms with Crippen molar-refractivity contribution in [3.63, 3.8) is 0 Å². The summed E-state index contributed by atoms with van der Waals surface area (Å²) in [5.74, 6) is 1.57. The smallest absolute Gasteiger partial charge is 0.111 e. The fourth-order valence-electron chi connectivity index (χ4n) is 3.10. The third kappa shape index (κ3) is 13.6. The van der Waals surface area contributed by atoms with Gasteiger partial charge in [-0.2, -0.15) is 0 Å². The molecule has 0 spiro atoms. The van der Waals surface area contributed by atoms with Gasteiger partial charge in [0, 0.05) is 0 Å². The summed E-state index contributed by atoms with van der Waals surface area (Å²) in [4.78, 5) is 0. The Labute approximate surface area is 171 Å². The molecule has 0 aliphatic heterocycles. The van der Waals surface area contributed by atoms with Gasteiger partial charge in [0.2, 0.25) is 0 Å². The molecule has 0 rings (SSSR count). The first-order valence-corrected chi connectivity index (χ1v) is 10.8. The standard InChI is InChI=1S/C22H44O6/c1-16(2)8-5-9-17(3)10-6-11-18(4)12-7-13-28-15-20(25)22(27)21(26)19(24)14-23/h12,16-17,19-27H,5-11,13-15H2,1-4H3/t17?,19-,20+,21-,22-/m0/s1. The van der Waals surface area contributed by atoms with E-state index in [0.29, 0.717) is 6.61 Å². The van der Waals surface area contributed by atoms with Gasteiger partial charge in [0.05, 0.1) is 19.8 Å². The van der Waals surface area contributed by atoms with Crippen LogP contribution in [-0.2, 0) is 4.74 Å². The van der Waals surface area contributed by atoms with E-state index in [4.69, 9.17) is 9.84 Å². The van der Waals surface area contributed by atoms with Gasteiger partial charge in [-0.15, -0.1) is 0 Å². The molecule has 0 saturated heterocycles.